The highest BCUT2D eigenvalue weighted by Gasteiger charge is 2.32. The summed E-state index contributed by atoms with van der Waals surface area (Å²) >= 11 is 0.919. The number of rotatable bonds is 5. The molecule has 1 heterocycles. The van der Waals surface area contributed by atoms with Crippen molar-refractivity contribution in [3.8, 4) is 5.75 Å². The Morgan fingerprint density at radius 3 is 2.74 bits per heavy atom. The molecule has 0 radical (unpaired) electrons. The number of hydrogen-bond acceptors (Lipinski definition) is 5. The monoisotopic (exact) mass is 279 g/mol. The summed E-state index contributed by atoms with van der Waals surface area (Å²) in [5.41, 5.74) is 0.391. The highest BCUT2D eigenvalue weighted by Crippen LogP contribution is 2.22. The Bertz CT molecular complexity index is 513. The molecular weight excluding hydrogens is 266 g/mol. The Balaban J connectivity index is 2.16. The first-order chi connectivity index (χ1) is 9.13. The van der Waals surface area contributed by atoms with Crippen LogP contribution in [-0.4, -0.2) is 40.7 Å². The van der Waals surface area contributed by atoms with E-state index >= 15 is 0 Å². The number of para-hydroxylation sites is 1. The van der Waals surface area contributed by atoms with Gasteiger partial charge in [0.2, 0.25) is 5.91 Å². The number of ketones is 1. The van der Waals surface area contributed by atoms with Crippen LogP contribution in [0.3, 0.4) is 0 Å². The van der Waals surface area contributed by atoms with Crippen LogP contribution in [0, 0.1) is 0 Å². The first kappa shape index (κ1) is 13.6. The van der Waals surface area contributed by atoms with Crippen LogP contribution in [0.4, 0.5) is 4.79 Å². The third-order valence-electron chi connectivity index (χ3n) is 2.63. The van der Waals surface area contributed by atoms with Gasteiger partial charge in [-0.25, -0.2) is 0 Å². The van der Waals surface area contributed by atoms with E-state index in [1.54, 1.807) is 24.3 Å². The van der Waals surface area contributed by atoms with Crippen molar-refractivity contribution >= 4 is 28.7 Å². The van der Waals surface area contributed by atoms with E-state index < -0.39 is 0 Å². The molecule has 0 spiro atoms. The smallest absolute Gasteiger partial charge is 0.289 e. The van der Waals surface area contributed by atoms with Gasteiger partial charge < -0.3 is 4.74 Å². The fourth-order valence-corrected chi connectivity index (χ4v) is 2.47. The lowest BCUT2D eigenvalue weighted by molar-refractivity contribution is -0.124. The van der Waals surface area contributed by atoms with Crippen LogP contribution < -0.4 is 4.74 Å². The van der Waals surface area contributed by atoms with Crippen molar-refractivity contribution < 1.29 is 19.1 Å². The summed E-state index contributed by atoms with van der Waals surface area (Å²) in [6.07, 6.45) is 0. The lowest BCUT2D eigenvalue weighted by Gasteiger charge is -2.13. The molecule has 19 heavy (non-hydrogen) atoms. The molecule has 1 aromatic rings. The molecule has 0 saturated carbocycles. The number of Topliss-reactive ketones (excluding diaryl/α,β-unsaturated/α-hetero) is 1. The predicted octanol–water partition coefficient (Wildman–Crippen LogP) is 1.96. The van der Waals surface area contributed by atoms with Gasteiger partial charge in [0.25, 0.3) is 5.24 Å². The zero-order valence-corrected chi connectivity index (χ0v) is 11.2. The molecule has 1 saturated heterocycles. The van der Waals surface area contributed by atoms with Crippen LogP contribution in [-0.2, 0) is 4.79 Å². The third kappa shape index (κ3) is 2.96. The lowest BCUT2D eigenvalue weighted by atomic mass is 10.1. The lowest BCUT2D eigenvalue weighted by Crippen LogP contribution is -2.34. The summed E-state index contributed by atoms with van der Waals surface area (Å²) in [4.78, 5) is 36.0. The van der Waals surface area contributed by atoms with Crippen LogP contribution >= 0.6 is 11.8 Å². The average molecular weight is 279 g/mol. The summed E-state index contributed by atoms with van der Waals surface area (Å²) in [6, 6.07) is 6.81. The van der Waals surface area contributed by atoms with E-state index in [0.29, 0.717) is 17.9 Å². The number of carbonyl (C=O) groups excluding carboxylic acids is 3. The average Bonchev–Trinajstić information content (AvgIpc) is 2.71. The number of amides is 2. The fraction of sp³-hybridized carbons (Fsp3) is 0.308. The van der Waals surface area contributed by atoms with Gasteiger partial charge in [-0.1, -0.05) is 23.9 Å². The molecule has 1 aliphatic heterocycles. The summed E-state index contributed by atoms with van der Waals surface area (Å²) < 4.78 is 5.36. The molecule has 1 aliphatic rings. The zero-order valence-electron chi connectivity index (χ0n) is 10.4. The van der Waals surface area contributed by atoms with E-state index in [9.17, 15) is 14.4 Å². The Kier molecular flexibility index (Phi) is 4.21. The first-order valence-electron chi connectivity index (χ1n) is 5.85. The van der Waals surface area contributed by atoms with E-state index in [-0.39, 0.29) is 29.2 Å². The van der Waals surface area contributed by atoms with Gasteiger partial charge in [-0.05, 0) is 19.1 Å². The predicted molar refractivity (Wildman–Crippen MR) is 71.5 cm³/mol. The number of benzene rings is 1. The standard InChI is InChI=1S/C13H13NO4S/c1-2-18-11-6-4-3-5-9(11)10(15)7-14-12(16)8-19-13(14)17/h3-6H,2,7-8H2,1H3. The molecule has 100 valence electrons. The number of ether oxygens (including phenoxy) is 1. The molecular formula is C13H13NO4S. The summed E-state index contributed by atoms with van der Waals surface area (Å²) in [7, 11) is 0. The van der Waals surface area contributed by atoms with Gasteiger partial charge in [0, 0.05) is 0 Å². The van der Waals surface area contributed by atoms with Crippen LogP contribution in [0.2, 0.25) is 0 Å². The maximum Gasteiger partial charge on any atom is 0.289 e. The minimum Gasteiger partial charge on any atom is -0.493 e. The second-order valence-corrected chi connectivity index (χ2v) is 4.81. The molecule has 0 unspecified atom stereocenters. The summed E-state index contributed by atoms with van der Waals surface area (Å²) in [5, 5.41) is -0.368. The zero-order chi connectivity index (χ0) is 13.8. The van der Waals surface area contributed by atoms with E-state index in [0.717, 1.165) is 16.7 Å². The maximum atomic E-state index is 12.2. The Morgan fingerprint density at radius 2 is 2.11 bits per heavy atom. The van der Waals surface area contributed by atoms with Crippen molar-refractivity contribution in [1.82, 2.24) is 4.90 Å². The molecule has 0 aromatic heterocycles. The van der Waals surface area contributed by atoms with Crippen molar-refractivity contribution in [2.75, 3.05) is 18.9 Å². The van der Waals surface area contributed by atoms with E-state index in [1.807, 2.05) is 6.92 Å². The van der Waals surface area contributed by atoms with E-state index in [2.05, 4.69) is 0 Å². The first-order valence-corrected chi connectivity index (χ1v) is 6.84. The van der Waals surface area contributed by atoms with Crippen molar-refractivity contribution in [1.29, 1.82) is 0 Å². The van der Waals surface area contributed by atoms with Gasteiger partial charge in [0.1, 0.15) is 5.75 Å². The molecule has 0 bridgehead atoms. The van der Waals surface area contributed by atoms with Crippen molar-refractivity contribution in [3.63, 3.8) is 0 Å². The number of carbonyl (C=O) groups is 3. The van der Waals surface area contributed by atoms with Gasteiger partial charge in [-0.15, -0.1) is 0 Å². The van der Waals surface area contributed by atoms with Crippen LogP contribution in [0.25, 0.3) is 0 Å². The highest BCUT2D eigenvalue weighted by atomic mass is 32.2. The van der Waals surface area contributed by atoms with Crippen molar-refractivity contribution in [3.05, 3.63) is 29.8 Å². The number of imide groups is 1. The fourth-order valence-electron chi connectivity index (χ4n) is 1.74. The van der Waals surface area contributed by atoms with Crippen molar-refractivity contribution in [2.24, 2.45) is 0 Å². The Morgan fingerprint density at radius 1 is 1.37 bits per heavy atom. The van der Waals surface area contributed by atoms with Gasteiger partial charge in [-0.3, -0.25) is 19.3 Å². The molecule has 1 aromatic carbocycles. The highest BCUT2D eigenvalue weighted by molar-refractivity contribution is 8.14. The van der Waals surface area contributed by atoms with Gasteiger partial charge >= 0.3 is 0 Å². The maximum absolute atomic E-state index is 12.2. The van der Waals surface area contributed by atoms with Crippen LogP contribution in [0.5, 0.6) is 5.75 Å². The molecule has 0 N–H and O–H groups in total. The molecule has 5 nitrogen and oxygen atoms in total. The number of hydrogen-bond donors (Lipinski definition) is 0. The molecule has 6 heteroatoms. The van der Waals surface area contributed by atoms with Crippen LogP contribution in [0.15, 0.2) is 24.3 Å². The second kappa shape index (κ2) is 5.88. The Labute approximate surface area is 114 Å². The minimum absolute atomic E-state index is 0.110. The molecule has 0 atom stereocenters. The SMILES string of the molecule is CCOc1ccccc1C(=O)CN1C(=O)CSC1=O. The van der Waals surface area contributed by atoms with Gasteiger partial charge in [-0.2, -0.15) is 0 Å². The molecule has 2 rings (SSSR count). The minimum atomic E-state index is -0.368. The topological polar surface area (TPSA) is 63.7 Å². The number of nitrogens with zero attached hydrogens (tertiary/aromatic N) is 1. The van der Waals surface area contributed by atoms with E-state index in [4.69, 9.17) is 4.74 Å². The van der Waals surface area contributed by atoms with E-state index in [1.165, 1.54) is 0 Å². The number of thioether (sulfide) groups is 1. The van der Waals surface area contributed by atoms with Crippen molar-refractivity contribution in [2.45, 2.75) is 6.92 Å². The molecule has 1 fully saturated rings. The second-order valence-electron chi connectivity index (χ2n) is 3.89. The normalized spacial score (nSPS) is 14.9. The Hall–Kier alpha value is -1.82. The summed E-state index contributed by atoms with van der Waals surface area (Å²) in [6.45, 7) is 2.04. The largest absolute Gasteiger partial charge is 0.493 e. The van der Waals surface area contributed by atoms with Gasteiger partial charge in [0.05, 0.1) is 24.5 Å². The molecule has 2 amide bonds. The summed E-state index contributed by atoms with van der Waals surface area (Å²) in [5.74, 6) is -0.0357. The quantitative estimate of drug-likeness (QED) is 0.771. The third-order valence-corrected chi connectivity index (χ3v) is 3.49. The van der Waals surface area contributed by atoms with Gasteiger partial charge in [0.15, 0.2) is 5.78 Å². The molecule has 0 aliphatic carbocycles. The van der Waals surface area contributed by atoms with Crippen LogP contribution in [0.1, 0.15) is 17.3 Å².